The van der Waals surface area contributed by atoms with Crippen LogP contribution < -0.4 is 10.6 Å². The molecule has 3 aromatic heterocycles. The third-order valence-electron chi connectivity index (χ3n) is 7.05. The van der Waals surface area contributed by atoms with Crippen LogP contribution in [-0.4, -0.2) is 32.7 Å². The number of aliphatic hydroxyl groups is 1. The molecule has 8 heteroatoms. The second kappa shape index (κ2) is 9.76. The fourth-order valence-electron chi connectivity index (χ4n) is 5.19. The first-order valence-corrected chi connectivity index (χ1v) is 14.0. The molecule has 0 spiro atoms. The molecule has 36 heavy (non-hydrogen) atoms. The van der Waals surface area contributed by atoms with Gasteiger partial charge in [-0.3, -0.25) is 0 Å². The zero-order valence-electron chi connectivity index (χ0n) is 20.4. The lowest BCUT2D eigenvalue weighted by Gasteiger charge is -2.21. The predicted octanol–water partition coefficient (Wildman–Crippen LogP) is 6.71. The minimum Gasteiger partial charge on any atom is -0.396 e. The summed E-state index contributed by atoms with van der Waals surface area (Å²) < 4.78 is 2.44. The Balaban J connectivity index is 1.34. The van der Waals surface area contributed by atoms with Gasteiger partial charge in [-0.05, 0) is 61.3 Å². The van der Waals surface area contributed by atoms with Gasteiger partial charge >= 0.3 is 0 Å². The van der Waals surface area contributed by atoms with Crippen molar-refractivity contribution >= 4 is 54.7 Å². The Labute approximate surface area is 218 Å². The van der Waals surface area contributed by atoms with Crippen LogP contribution in [0, 0.1) is 18.8 Å². The molecule has 184 valence electrons. The van der Waals surface area contributed by atoms with Crippen LogP contribution in [0.15, 0.2) is 54.6 Å². The van der Waals surface area contributed by atoms with E-state index in [0.29, 0.717) is 24.3 Å². The number of nitrogens with one attached hydrogen (secondary N) is 2. The van der Waals surface area contributed by atoms with Crippen LogP contribution in [-0.2, 0) is 6.54 Å². The van der Waals surface area contributed by atoms with Crippen LogP contribution in [0.2, 0.25) is 0 Å². The topological polar surface area (TPSA) is 83.0 Å². The molecule has 5 aromatic rings. The summed E-state index contributed by atoms with van der Waals surface area (Å²) in [7, 11) is 0. The zero-order valence-corrected chi connectivity index (χ0v) is 22.0. The monoisotopic (exact) mass is 515 g/mol. The van der Waals surface area contributed by atoms with Crippen LogP contribution in [0.4, 0.5) is 11.8 Å². The van der Waals surface area contributed by atoms with Gasteiger partial charge in [-0.1, -0.05) is 37.3 Å². The number of hydrogen-bond acceptors (Lipinski definition) is 8. The number of anilines is 2. The Bertz CT molecular complexity index is 1460. The highest BCUT2D eigenvalue weighted by Crippen LogP contribution is 2.39. The fourth-order valence-corrected chi connectivity index (χ4v) is 7.25. The molecule has 0 saturated heterocycles. The highest BCUT2D eigenvalue weighted by Gasteiger charge is 2.32. The molecule has 2 aromatic carbocycles. The quantitative estimate of drug-likeness (QED) is 0.224. The largest absolute Gasteiger partial charge is 0.396 e. The van der Waals surface area contributed by atoms with Gasteiger partial charge in [0, 0.05) is 22.2 Å². The minimum atomic E-state index is 0.234. The van der Waals surface area contributed by atoms with E-state index >= 15 is 0 Å². The molecule has 0 bridgehead atoms. The van der Waals surface area contributed by atoms with E-state index in [9.17, 15) is 5.11 Å². The maximum atomic E-state index is 9.73. The van der Waals surface area contributed by atoms with E-state index in [1.54, 1.807) is 22.7 Å². The minimum absolute atomic E-state index is 0.234. The zero-order chi connectivity index (χ0) is 24.6. The molecule has 0 amide bonds. The van der Waals surface area contributed by atoms with E-state index in [1.165, 1.54) is 15.0 Å². The van der Waals surface area contributed by atoms with Crippen LogP contribution in [0.1, 0.15) is 30.3 Å². The smallest absolute Gasteiger partial charge is 0.225 e. The summed E-state index contributed by atoms with van der Waals surface area (Å²) in [5, 5.41) is 19.1. The molecule has 1 saturated carbocycles. The van der Waals surface area contributed by atoms with Crippen LogP contribution in [0.3, 0.4) is 0 Å². The first kappa shape index (κ1) is 23.3. The molecule has 1 aliphatic carbocycles. The Hall–Kier alpha value is -3.07. The van der Waals surface area contributed by atoms with Gasteiger partial charge in [-0.2, -0.15) is 4.98 Å². The van der Waals surface area contributed by atoms with E-state index in [-0.39, 0.29) is 12.6 Å². The van der Waals surface area contributed by atoms with E-state index in [1.807, 2.05) is 25.1 Å². The van der Waals surface area contributed by atoms with Crippen molar-refractivity contribution < 1.29 is 5.11 Å². The number of aliphatic hydroxyl groups excluding tert-OH is 1. The number of thiazole rings is 1. The Morgan fingerprint density at radius 3 is 2.56 bits per heavy atom. The molecule has 6 nitrogen and oxygen atoms in total. The van der Waals surface area contributed by atoms with E-state index in [2.05, 4.69) is 54.0 Å². The van der Waals surface area contributed by atoms with Crippen molar-refractivity contribution in [3.63, 3.8) is 0 Å². The van der Waals surface area contributed by atoms with Gasteiger partial charge in [0.1, 0.15) is 10.8 Å². The number of rotatable bonds is 7. The van der Waals surface area contributed by atoms with E-state index in [4.69, 9.17) is 15.0 Å². The maximum Gasteiger partial charge on any atom is 0.225 e. The fraction of sp³-hybridized carbons (Fsp3) is 0.321. The van der Waals surface area contributed by atoms with Crippen molar-refractivity contribution in [2.75, 3.05) is 17.2 Å². The molecule has 0 radical (unpaired) electrons. The van der Waals surface area contributed by atoms with Crippen molar-refractivity contribution in [2.24, 2.45) is 11.8 Å². The number of hydrogen-bond donors (Lipinski definition) is 3. The predicted molar refractivity (Wildman–Crippen MR) is 151 cm³/mol. The van der Waals surface area contributed by atoms with Crippen molar-refractivity contribution in [1.29, 1.82) is 0 Å². The van der Waals surface area contributed by atoms with E-state index in [0.717, 1.165) is 45.1 Å². The molecule has 6 rings (SSSR count). The Morgan fingerprint density at radius 2 is 1.78 bits per heavy atom. The summed E-state index contributed by atoms with van der Waals surface area (Å²) >= 11 is 3.46. The molecule has 3 heterocycles. The van der Waals surface area contributed by atoms with Crippen LogP contribution >= 0.6 is 22.7 Å². The number of fused-ring (bicyclic) bond motifs is 2. The van der Waals surface area contributed by atoms with E-state index < -0.39 is 0 Å². The number of aromatic nitrogens is 3. The molecular formula is C28H29N5OS2. The summed E-state index contributed by atoms with van der Waals surface area (Å²) in [6.07, 6.45) is 1.95. The van der Waals surface area contributed by atoms with Gasteiger partial charge in [-0.25, -0.2) is 9.97 Å². The van der Waals surface area contributed by atoms with Crippen molar-refractivity contribution in [1.82, 2.24) is 15.0 Å². The number of aryl methyl sites for hydroxylation is 1. The average Bonchev–Trinajstić information content (AvgIpc) is 3.58. The standard InChI is InChI=1S/C28H29N5OS2/c1-16-11-18(15-34)12-22(16)31-26-25(27-32-21-8-4-6-10-24(21)36-27)17(2)30-28(33-26)29-14-20-13-19-7-3-5-9-23(19)35-20/h3-10,13,16,18,22,34H,11-12,14-15H2,1-2H3,(H2,29,30,31,33)/t16-,18-,22-/m1/s1. The second-order valence-electron chi connectivity index (χ2n) is 9.70. The maximum absolute atomic E-state index is 9.73. The van der Waals surface area contributed by atoms with Gasteiger partial charge in [0.2, 0.25) is 5.95 Å². The van der Waals surface area contributed by atoms with Crippen LogP contribution in [0.5, 0.6) is 0 Å². The number of benzene rings is 2. The molecule has 3 atom stereocenters. The molecule has 3 N–H and O–H groups in total. The van der Waals surface area contributed by atoms with Crippen molar-refractivity contribution in [3.05, 3.63) is 65.2 Å². The van der Waals surface area contributed by atoms with Gasteiger partial charge in [0.25, 0.3) is 0 Å². The second-order valence-corrected chi connectivity index (χ2v) is 11.9. The average molecular weight is 516 g/mol. The third-order valence-corrected chi connectivity index (χ3v) is 9.22. The molecular weight excluding hydrogens is 486 g/mol. The van der Waals surface area contributed by atoms with Crippen molar-refractivity contribution in [3.8, 4) is 10.6 Å². The summed E-state index contributed by atoms with van der Waals surface area (Å²) in [6.45, 7) is 5.19. The first-order chi connectivity index (χ1) is 17.6. The molecule has 0 unspecified atom stereocenters. The lowest BCUT2D eigenvalue weighted by molar-refractivity contribution is 0.226. The Morgan fingerprint density at radius 1 is 0.972 bits per heavy atom. The first-order valence-electron chi connectivity index (χ1n) is 12.4. The molecule has 1 fully saturated rings. The van der Waals surface area contributed by atoms with Gasteiger partial charge in [-0.15, -0.1) is 22.7 Å². The van der Waals surface area contributed by atoms with Crippen LogP contribution in [0.25, 0.3) is 30.9 Å². The highest BCUT2D eigenvalue weighted by molar-refractivity contribution is 7.21. The van der Waals surface area contributed by atoms with Gasteiger partial charge in [0.15, 0.2) is 0 Å². The van der Waals surface area contributed by atoms with Gasteiger partial charge < -0.3 is 15.7 Å². The van der Waals surface area contributed by atoms with Crippen molar-refractivity contribution in [2.45, 2.75) is 39.3 Å². The lowest BCUT2D eigenvalue weighted by Crippen LogP contribution is -2.24. The summed E-state index contributed by atoms with van der Waals surface area (Å²) in [5.41, 5.74) is 2.85. The number of thiophene rings is 1. The molecule has 1 aliphatic rings. The summed E-state index contributed by atoms with van der Waals surface area (Å²) in [5.74, 6) is 2.21. The van der Waals surface area contributed by atoms with Gasteiger partial charge in [0.05, 0.1) is 28.0 Å². The lowest BCUT2D eigenvalue weighted by atomic mass is 10.1. The Kier molecular flexibility index (Phi) is 6.33. The number of para-hydroxylation sites is 1. The number of nitrogens with zero attached hydrogens (tertiary/aromatic N) is 3. The molecule has 0 aliphatic heterocycles. The summed E-state index contributed by atoms with van der Waals surface area (Å²) in [6, 6.07) is 19.1. The normalized spacial score (nSPS) is 19.8. The summed E-state index contributed by atoms with van der Waals surface area (Å²) in [4.78, 5) is 16.0. The third kappa shape index (κ3) is 4.56. The SMILES string of the molecule is Cc1nc(NCc2cc3ccccc3s2)nc(N[C@@H]2C[C@H](CO)C[C@H]2C)c1-c1nc2ccccc2s1. The highest BCUT2D eigenvalue weighted by atomic mass is 32.1.